The van der Waals surface area contributed by atoms with Gasteiger partial charge in [0.25, 0.3) is 0 Å². The molecule has 0 bridgehead atoms. The van der Waals surface area contributed by atoms with Gasteiger partial charge in [0.1, 0.15) is 19.0 Å². The van der Waals surface area contributed by atoms with Crippen molar-refractivity contribution in [2.45, 2.75) is 6.92 Å². The molecule has 0 saturated carbocycles. The number of hydrogen-bond donors (Lipinski definition) is 1. The number of carbonyl (C=O) groups is 1. The molecule has 2 N–H and O–H groups in total. The van der Waals surface area contributed by atoms with Crippen LogP contribution in [0.1, 0.15) is 21.5 Å². The maximum atomic E-state index is 12.5. The Bertz CT molecular complexity index is 673. The summed E-state index contributed by atoms with van der Waals surface area (Å²) in [6, 6.07) is 9.77. The van der Waals surface area contributed by atoms with Crippen LogP contribution in [0.3, 0.4) is 0 Å². The first-order valence-electron chi connectivity index (χ1n) is 6.42. The molecule has 0 unspecified atom stereocenters. The number of nitrogen functional groups attached to an aromatic ring is 1. The van der Waals surface area contributed by atoms with Crippen molar-refractivity contribution < 1.29 is 13.9 Å². The number of benzene rings is 2. The number of ether oxygens (including phenoxy) is 1. The Morgan fingerprint density at radius 2 is 1.95 bits per heavy atom. The van der Waals surface area contributed by atoms with Crippen LogP contribution < -0.4 is 10.5 Å². The third-order valence-corrected chi connectivity index (χ3v) is 3.34. The van der Waals surface area contributed by atoms with E-state index in [1.807, 2.05) is 0 Å². The molecule has 5 heteroatoms. The van der Waals surface area contributed by atoms with Gasteiger partial charge in [-0.1, -0.05) is 11.6 Å². The second-order valence-corrected chi connectivity index (χ2v) is 4.99. The molecule has 0 spiro atoms. The van der Waals surface area contributed by atoms with E-state index < -0.39 is 6.67 Å². The number of ketones is 1. The summed E-state index contributed by atoms with van der Waals surface area (Å²) >= 11 is 6.06. The van der Waals surface area contributed by atoms with Crippen LogP contribution in [0.15, 0.2) is 36.4 Å². The number of rotatable bonds is 5. The van der Waals surface area contributed by atoms with Gasteiger partial charge in [0.2, 0.25) is 0 Å². The zero-order valence-corrected chi connectivity index (χ0v) is 12.3. The maximum absolute atomic E-state index is 12.5. The summed E-state index contributed by atoms with van der Waals surface area (Å²) in [5.41, 5.74) is 7.78. The highest BCUT2D eigenvalue weighted by Crippen LogP contribution is 2.25. The van der Waals surface area contributed by atoms with Gasteiger partial charge in [-0.3, -0.25) is 4.79 Å². The molecule has 0 aliphatic rings. The first-order valence-corrected chi connectivity index (χ1v) is 6.80. The van der Waals surface area contributed by atoms with Crippen LogP contribution in [0.2, 0.25) is 5.02 Å². The van der Waals surface area contributed by atoms with Crippen molar-refractivity contribution in [3.8, 4) is 5.75 Å². The van der Waals surface area contributed by atoms with Crippen LogP contribution in [0.25, 0.3) is 0 Å². The van der Waals surface area contributed by atoms with Crippen LogP contribution in [-0.4, -0.2) is 19.1 Å². The lowest BCUT2D eigenvalue weighted by molar-refractivity contribution is 0.103. The number of nitrogens with two attached hydrogens (primary N) is 1. The summed E-state index contributed by atoms with van der Waals surface area (Å²) < 4.78 is 17.3. The van der Waals surface area contributed by atoms with Gasteiger partial charge in [0, 0.05) is 16.8 Å². The van der Waals surface area contributed by atoms with E-state index >= 15 is 0 Å². The van der Waals surface area contributed by atoms with Crippen LogP contribution in [0, 0.1) is 6.92 Å². The number of aryl methyl sites for hydroxylation is 1. The molecule has 0 saturated heterocycles. The number of anilines is 1. The topological polar surface area (TPSA) is 52.3 Å². The molecule has 0 heterocycles. The number of halogens is 2. The average Bonchev–Trinajstić information content (AvgIpc) is 2.44. The van der Waals surface area contributed by atoms with Crippen molar-refractivity contribution in [3.63, 3.8) is 0 Å². The van der Waals surface area contributed by atoms with E-state index in [1.165, 1.54) is 0 Å². The average molecular weight is 308 g/mol. The standard InChI is InChI=1S/C16H15ClFNO2/c1-10-8-12(21-7-6-18)3-5-13(10)16(20)14-4-2-11(19)9-15(14)17/h2-5,8-9H,6-7,19H2,1H3. The molecular weight excluding hydrogens is 293 g/mol. The number of hydrogen-bond acceptors (Lipinski definition) is 3. The van der Waals surface area contributed by atoms with Crippen molar-refractivity contribution in [1.82, 2.24) is 0 Å². The van der Waals surface area contributed by atoms with Gasteiger partial charge in [-0.25, -0.2) is 4.39 Å². The largest absolute Gasteiger partial charge is 0.491 e. The predicted molar refractivity (Wildman–Crippen MR) is 81.9 cm³/mol. The van der Waals surface area contributed by atoms with Crippen LogP contribution in [-0.2, 0) is 0 Å². The Morgan fingerprint density at radius 3 is 2.57 bits per heavy atom. The van der Waals surface area contributed by atoms with Gasteiger partial charge in [-0.05, 0) is 48.9 Å². The van der Waals surface area contributed by atoms with Gasteiger partial charge >= 0.3 is 0 Å². The van der Waals surface area contributed by atoms with Crippen molar-refractivity contribution in [3.05, 3.63) is 58.1 Å². The zero-order chi connectivity index (χ0) is 15.4. The molecule has 0 fully saturated rings. The van der Waals surface area contributed by atoms with E-state index in [2.05, 4.69) is 0 Å². The van der Waals surface area contributed by atoms with Gasteiger partial charge < -0.3 is 10.5 Å². The molecule has 2 aromatic rings. The number of carbonyl (C=O) groups excluding carboxylic acids is 1. The second-order valence-electron chi connectivity index (χ2n) is 4.58. The Balaban J connectivity index is 2.31. The maximum Gasteiger partial charge on any atom is 0.194 e. The Labute approximate surface area is 127 Å². The minimum absolute atomic E-state index is 0.00345. The Hall–Kier alpha value is -2.07. The highest BCUT2D eigenvalue weighted by molar-refractivity contribution is 6.35. The van der Waals surface area contributed by atoms with Crippen LogP contribution in [0.4, 0.5) is 10.1 Å². The third-order valence-electron chi connectivity index (χ3n) is 3.03. The van der Waals surface area contributed by atoms with Crippen LogP contribution >= 0.6 is 11.6 Å². The monoisotopic (exact) mass is 307 g/mol. The fourth-order valence-corrected chi connectivity index (χ4v) is 2.27. The summed E-state index contributed by atoms with van der Waals surface area (Å²) in [6.45, 7) is 1.23. The Morgan fingerprint density at radius 1 is 1.24 bits per heavy atom. The molecule has 0 radical (unpaired) electrons. The molecule has 0 aromatic heterocycles. The molecule has 2 rings (SSSR count). The summed E-state index contributed by atoms with van der Waals surface area (Å²) in [5.74, 6) is 0.347. The quantitative estimate of drug-likeness (QED) is 0.675. The SMILES string of the molecule is Cc1cc(OCCF)ccc1C(=O)c1ccc(N)cc1Cl. The highest BCUT2D eigenvalue weighted by atomic mass is 35.5. The minimum atomic E-state index is -0.555. The zero-order valence-electron chi connectivity index (χ0n) is 11.5. The summed E-state index contributed by atoms with van der Waals surface area (Å²) in [5, 5.41) is 0.317. The molecule has 110 valence electrons. The molecule has 0 aliphatic heterocycles. The molecular formula is C16H15ClFNO2. The van der Waals surface area contributed by atoms with E-state index in [4.69, 9.17) is 22.1 Å². The van der Waals surface area contributed by atoms with Crippen molar-refractivity contribution in [2.24, 2.45) is 0 Å². The summed E-state index contributed by atoms with van der Waals surface area (Å²) in [4.78, 5) is 12.5. The lowest BCUT2D eigenvalue weighted by Gasteiger charge is -2.10. The van der Waals surface area contributed by atoms with E-state index in [1.54, 1.807) is 43.3 Å². The van der Waals surface area contributed by atoms with Crippen molar-refractivity contribution >= 4 is 23.1 Å². The smallest absolute Gasteiger partial charge is 0.194 e. The summed E-state index contributed by atoms with van der Waals surface area (Å²) in [6.07, 6.45) is 0. The van der Waals surface area contributed by atoms with Crippen molar-refractivity contribution in [1.29, 1.82) is 0 Å². The molecule has 3 nitrogen and oxygen atoms in total. The first-order chi connectivity index (χ1) is 10.0. The van der Waals surface area contributed by atoms with E-state index in [9.17, 15) is 9.18 Å². The van der Waals surface area contributed by atoms with E-state index in [0.717, 1.165) is 5.56 Å². The van der Waals surface area contributed by atoms with E-state index in [-0.39, 0.29) is 12.4 Å². The lowest BCUT2D eigenvalue weighted by atomic mass is 9.98. The molecule has 2 aromatic carbocycles. The molecule has 0 aliphatic carbocycles. The van der Waals surface area contributed by atoms with Crippen molar-refractivity contribution in [2.75, 3.05) is 19.0 Å². The first kappa shape index (κ1) is 15.3. The normalized spacial score (nSPS) is 10.4. The Kier molecular flexibility index (Phi) is 4.81. The van der Waals surface area contributed by atoms with Gasteiger partial charge in [-0.2, -0.15) is 0 Å². The lowest BCUT2D eigenvalue weighted by Crippen LogP contribution is -2.06. The van der Waals surface area contributed by atoms with Crippen LogP contribution in [0.5, 0.6) is 5.75 Å². The minimum Gasteiger partial charge on any atom is -0.491 e. The molecule has 21 heavy (non-hydrogen) atoms. The fourth-order valence-electron chi connectivity index (χ4n) is 2.00. The van der Waals surface area contributed by atoms with Gasteiger partial charge in [0.05, 0.1) is 5.02 Å². The molecule has 0 amide bonds. The second kappa shape index (κ2) is 6.59. The summed E-state index contributed by atoms with van der Waals surface area (Å²) in [7, 11) is 0. The fraction of sp³-hybridized carbons (Fsp3) is 0.188. The molecule has 0 atom stereocenters. The number of alkyl halides is 1. The third kappa shape index (κ3) is 3.52. The highest BCUT2D eigenvalue weighted by Gasteiger charge is 2.15. The van der Waals surface area contributed by atoms with Gasteiger partial charge in [-0.15, -0.1) is 0 Å². The van der Waals surface area contributed by atoms with Gasteiger partial charge in [0.15, 0.2) is 5.78 Å². The van der Waals surface area contributed by atoms with E-state index in [0.29, 0.717) is 27.6 Å². The predicted octanol–water partition coefficient (Wildman–Crippen LogP) is 3.81.